The molecule has 0 fully saturated rings. The third-order valence-corrected chi connectivity index (χ3v) is 4.86. The van der Waals surface area contributed by atoms with Gasteiger partial charge in [0, 0.05) is 50.3 Å². The van der Waals surface area contributed by atoms with Crippen molar-refractivity contribution in [3.8, 4) is 0 Å². The van der Waals surface area contributed by atoms with E-state index in [-0.39, 0.29) is 17.7 Å². The number of anilines is 1. The Hall–Kier alpha value is -3.35. The van der Waals surface area contributed by atoms with Crippen LogP contribution in [0.1, 0.15) is 40.7 Å². The Kier molecular flexibility index (Phi) is 6.84. The molecule has 1 heterocycles. The first-order chi connectivity index (χ1) is 14.1. The monoisotopic (exact) mass is 393 g/mol. The van der Waals surface area contributed by atoms with Gasteiger partial charge in [-0.05, 0) is 36.2 Å². The second-order valence-electron chi connectivity index (χ2n) is 6.90. The van der Waals surface area contributed by atoms with E-state index in [1.165, 1.54) is 0 Å². The maximum absolute atomic E-state index is 12.0. The van der Waals surface area contributed by atoms with Gasteiger partial charge in [-0.25, -0.2) is 0 Å². The molecule has 1 aliphatic heterocycles. The molecule has 0 aliphatic carbocycles. The molecule has 1 unspecified atom stereocenters. The highest BCUT2D eigenvalue weighted by Crippen LogP contribution is 2.31. The number of nitrogens with zero attached hydrogens (tertiary/aromatic N) is 1. The fraction of sp³-hybridized carbons (Fsp3) is 0.318. The summed E-state index contributed by atoms with van der Waals surface area (Å²) >= 11 is 0. The maximum atomic E-state index is 12.0. The number of benzene rings is 2. The molecule has 152 valence electrons. The van der Waals surface area contributed by atoms with Gasteiger partial charge in [0.1, 0.15) is 0 Å². The van der Waals surface area contributed by atoms with Crippen molar-refractivity contribution in [3.05, 3.63) is 65.2 Å². The number of hydrogen-bond donors (Lipinski definition) is 4. The third-order valence-electron chi connectivity index (χ3n) is 4.86. The molecule has 3 rings (SSSR count). The van der Waals surface area contributed by atoms with E-state index < -0.39 is 0 Å². The predicted molar refractivity (Wildman–Crippen MR) is 115 cm³/mol. The molecule has 0 saturated carbocycles. The zero-order valence-electron chi connectivity index (χ0n) is 16.8. The molecule has 7 heteroatoms. The number of amides is 2. The standard InChI is InChI=1S/C22H27N5O2/c1-3-24-21(29)16-10-8-15(9-11-16)13-25-22(23-2)26-14-17-12-20(28)27-19-7-5-4-6-18(17)19/h4-11,17H,3,12-14H2,1-2H3,(H,24,29)(H,27,28)(H2,23,25,26). The first-order valence-corrected chi connectivity index (χ1v) is 9.81. The lowest BCUT2D eigenvalue weighted by Gasteiger charge is -2.26. The van der Waals surface area contributed by atoms with E-state index in [9.17, 15) is 9.59 Å². The number of rotatable bonds is 6. The third kappa shape index (κ3) is 5.34. The van der Waals surface area contributed by atoms with Gasteiger partial charge in [0.2, 0.25) is 5.91 Å². The van der Waals surface area contributed by atoms with Crippen LogP contribution in [0.5, 0.6) is 0 Å². The minimum Gasteiger partial charge on any atom is -0.356 e. The number of carbonyl (C=O) groups excluding carboxylic acids is 2. The van der Waals surface area contributed by atoms with Crippen LogP contribution in [0.15, 0.2) is 53.5 Å². The van der Waals surface area contributed by atoms with E-state index in [0.29, 0.717) is 37.6 Å². The van der Waals surface area contributed by atoms with Crippen LogP contribution in [-0.4, -0.2) is 37.9 Å². The summed E-state index contributed by atoms with van der Waals surface area (Å²) in [5, 5.41) is 12.3. The maximum Gasteiger partial charge on any atom is 0.251 e. The van der Waals surface area contributed by atoms with Gasteiger partial charge >= 0.3 is 0 Å². The Morgan fingerprint density at radius 3 is 2.59 bits per heavy atom. The van der Waals surface area contributed by atoms with Crippen molar-refractivity contribution in [1.82, 2.24) is 16.0 Å². The topological polar surface area (TPSA) is 94.6 Å². The van der Waals surface area contributed by atoms with Crippen molar-refractivity contribution >= 4 is 23.5 Å². The molecule has 0 radical (unpaired) electrons. The van der Waals surface area contributed by atoms with E-state index in [0.717, 1.165) is 16.8 Å². The average Bonchev–Trinajstić information content (AvgIpc) is 2.74. The molecule has 0 spiro atoms. The van der Waals surface area contributed by atoms with Gasteiger partial charge in [-0.15, -0.1) is 0 Å². The highest BCUT2D eigenvalue weighted by atomic mass is 16.2. The Bertz CT molecular complexity index is 892. The molecular formula is C22H27N5O2. The van der Waals surface area contributed by atoms with Crippen LogP contribution in [0, 0.1) is 0 Å². The number of para-hydroxylation sites is 1. The van der Waals surface area contributed by atoms with Gasteiger partial charge in [0.05, 0.1) is 0 Å². The largest absolute Gasteiger partial charge is 0.356 e. The molecule has 1 atom stereocenters. The predicted octanol–water partition coefficient (Wildman–Crippen LogP) is 2.23. The summed E-state index contributed by atoms with van der Waals surface area (Å²) < 4.78 is 0. The van der Waals surface area contributed by atoms with Crippen molar-refractivity contribution in [1.29, 1.82) is 0 Å². The molecule has 0 bridgehead atoms. The van der Waals surface area contributed by atoms with Crippen LogP contribution < -0.4 is 21.3 Å². The van der Waals surface area contributed by atoms with Crippen LogP contribution in [0.3, 0.4) is 0 Å². The lowest BCUT2D eigenvalue weighted by molar-refractivity contribution is -0.116. The lowest BCUT2D eigenvalue weighted by atomic mass is 9.90. The van der Waals surface area contributed by atoms with Crippen LogP contribution >= 0.6 is 0 Å². The summed E-state index contributed by atoms with van der Waals surface area (Å²) in [7, 11) is 1.72. The Labute approximate surface area is 171 Å². The Balaban J connectivity index is 1.54. The lowest BCUT2D eigenvalue weighted by Crippen LogP contribution is -2.40. The average molecular weight is 393 g/mol. The number of fused-ring (bicyclic) bond motifs is 1. The number of nitrogens with one attached hydrogen (secondary N) is 4. The molecule has 4 N–H and O–H groups in total. The van der Waals surface area contributed by atoms with Crippen LogP contribution in [0.2, 0.25) is 0 Å². The van der Waals surface area contributed by atoms with Crippen molar-refractivity contribution in [2.24, 2.45) is 4.99 Å². The molecule has 29 heavy (non-hydrogen) atoms. The van der Waals surface area contributed by atoms with E-state index in [1.54, 1.807) is 7.05 Å². The second-order valence-corrected chi connectivity index (χ2v) is 6.90. The van der Waals surface area contributed by atoms with Gasteiger partial charge in [0.25, 0.3) is 5.91 Å². The summed E-state index contributed by atoms with van der Waals surface area (Å²) in [6.07, 6.45) is 0.447. The van der Waals surface area contributed by atoms with Gasteiger partial charge < -0.3 is 21.3 Å². The number of guanidine groups is 1. The smallest absolute Gasteiger partial charge is 0.251 e. The fourth-order valence-corrected chi connectivity index (χ4v) is 3.35. The fourth-order valence-electron chi connectivity index (χ4n) is 3.35. The minimum absolute atomic E-state index is 0.0330. The van der Waals surface area contributed by atoms with Crippen molar-refractivity contribution in [2.45, 2.75) is 25.8 Å². The molecule has 2 aromatic rings. The van der Waals surface area contributed by atoms with Crippen molar-refractivity contribution < 1.29 is 9.59 Å². The van der Waals surface area contributed by atoms with Gasteiger partial charge in [0.15, 0.2) is 5.96 Å². The highest BCUT2D eigenvalue weighted by Gasteiger charge is 2.24. The molecular weight excluding hydrogens is 366 g/mol. The highest BCUT2D eigenvalue weighted by molar-refractivity contribution is 5.95. The van der Waals surface area contributed by atoms with Crippen LogP contribution in [0.25, 0.3) is 0 Å². The zero-order valence-corrected chi connectivity index (χ0v) is 16.8. The van der Waals surface area contributed by atoms with E-state index in [4.69, 9.17) is 0 Å². The first-order valence-electron chi connectivity index (χ1n) is 9.81. The van der Waals surface area contributed by atoms with Gasteiger partial charge in [-0.1, -0.05) is 30.3 Å². The number of aliphatic imine (C=N–C) groups is 1. The molecule has 0 aromatic heterocycles. The summed E-state index contributed by atoms with van der Waals surface area (Å²) in [5.74, 6) is 0.725. The zero-order chi connectivity index (χ0) is 20.6. The van der Waals surface area contributed by atoms with Crippen LogP contribution in [-0.2, 0) is 11.3 Å². The SMILES string of the molecule is CCNC(=O)c1ccc(CNC(=NC)NCC2CC(=O)Nc3ccccc32)cc1. The quantitative estimate of drug-likeness (QED) is 0.447. The Morgan fingerprint density at radius 2 is 1.86 bits per heavy atom. The molecule has 2 amide bonds. The molecule has 7 nitrogen and oxygen atoms in total. The molecule has 2 aromatic carbocycles. The van der Waals surface area contributed by atoms with E-state index >= 15 is 0 Å². The van der Waals surface area contributed by atoms with E-state index in [2.05, 4.69) is 26.3 Å². The normalized spacial score (nSPS) is 15.9. The summed E-state index contributed by atoms with van der Waals surface area (Å²) in [6.45, 7) is 3.70. The second kappa shape index (κ2) is 9.73. The summed E-state index contributed by atoms with van der Waals surface area (Å²) in [4.78, 5) is 28.1. The van der Waals surface area contributed by atoms with Crippen molar-refractivity contribution in [3.63, 3.8) is 0 Å². The number of carbonyl (C=O) groups is 2. The summed E-state index contributed by atoms with van der Waals surface area (Å²) in [5.41, 5.74) is 3.71. The Morgan fingerprint density at radius 1 is 1.10 bits per heavy atom. The number of hydrogen-bond acceptors (Lipinski definition) is 3. The van der Waals surface area contributed by atoms with Crippen molar-refractivity contribution in [2.75, 3.05) is 25.5 Å². The van der Waals surface area contributed by atoms with E-state index in [1.807, 2.05) is 55.5 Å². The van der Waals surface area contributed by atoms with Gasteiger partial charge in [-0.3, -0.25) is 14.6 Å². The molecule has 0 saturated heterocycles. The first kappa shape index (κ1) is 20.4. The van der Waals surface area contributed by atoms with Gasteiger partial charge in [-0.2, -0.15) is 0 Å². The van der Waals surface area contributed by atoms with Crippen LogP contribution in [0.4, 0.5) is 5.69 Å². The summed E-state index contributed by atoms with van der Waals surface area (Å²) in [6, 6.07) is 15.4. The minimum atomic E-state index is -0.0683. The molecule has 1 aliphatic rings.